The van der Waals surface area contributed by atoms with Crippen LogP contribution in [0.2, 0.25) is 0 Å². The number of carbonyl (C=O) groups is 2. The van der Waals surface area contributed by atoms with Crippen LogP contribution in [-0.2, 0) is 9.59 Å². The van der Waals surface area contributed by atoms with E-state index in [9.17, 15) is 14.7 Å². The number of aliphatic hydroxyl groups is 1. The molecule has 1 N–H and O–H groups in total. The summed E-state index contributed by atoms with van der Waals surface area (Å²) < 4.78 is 14.0. The second-order valence-corrected chi connectivity index (χ2v) is 10.8. The van der Waals surface area contributed by atoms with Crippen molar-refractivity contribution >= 4 is 49.8 Å². The Morgan fingerprint density at radius 2 is 1.88 bits per heavy atom. The number of ether oxygens (including phenoxy) is 2. The summed E-state index contributed by atoms with van der Waals surface area (Å²) in [5.74, 6) is -0.747. The highest BCUT2D eigenvalue weighted by Crippen LogP contribution is 2.45. The van der Waals surface area contributed by atoms with Crippen molar-refractivity contribution < 1.29 is 24.2 Å². The Hall–Kier alpha value is -4.96. The molecule has 212 valence electrons. The Balaban J connectivity index is 1.56. The van der Waals surface area contributed by atoms with Crippen LogP contribution in [0, 0.1) is 13.8 Å². The number of aliphatic hydroxyl groups excluding tert-OH is 1. The highest BCUT2D eigenvalue weighted by Gasteiger charge is 2.48. The topological polar surface area (TPSA) is 106 Å². The molecule has 3 aromatic heterocycles. The van der Waals surface area contributed by atoms with Crippen molar-refractivity contribution in [3.05, 3.63) is 102 Å². The first kappa shape index (κ1) is 27.2. The third-order valence-electron chi connectivity index (χ3n) is 7.16. The molecule has 0 bridgehead atoms. The molecule has 6 rings (SSSR count). The average molecular weight is 581 g/mol. The number of fused-ring (bicyclic) bond motifs is 2. The normalized spacial score (nSPS) is 16.5. The van der Waals surface area contributed by atoms with E-state index in [2.05, 4.69) is 11.6 Å². The number of anilines is 1. The van der Waals surface area contributed by atoms with Gasteiger partial charge in [0.05, 0.1) is 34.1 Å². The molecule has 0 radical (unpaired) electrons. The highest BCUT2D eigenvalue weighted by molar-refractivity contribution is 7.22. The summed E-state index contributed by atoms with van der Waals surface area (Å²) in [5.41, 5.74) is 3.60. The number of thiazole rings is 1. The van der Waals surface area contributed by atoms with Crippen LogP contribution < -0.4 is 14.4 Å². The van der Waals surface area contributed by atoms with Crippen LogP contribution in [0.15, 0.2) is 79.0 Å². The number of amides is 1. The molecular formula is C32H28N4O5S. The fourth-order valence-corrected chi connectivity index (χ4v) is 6.22. The SMILES string of the molecule is C=CCOc1cccc(C2/C(=C(\O)c3nc4c(C)cccn4c3C)C(=O)C(=O)N2c2nc3ccc(OCC)cc3s2)c1. The molecule has 42 heavy (non-hydrogen) atoms. The predicted octanol–water partition coefficient (Wildman–Crippen LogP) is 6.15. The molecule has 0 aliphatic carbocycles. The van der Waals surface area contributed by atoms with Crippen molar-refractivity contribution in [1.82, 2.24) is 14.4 Å². The van der Waals surface area contributed by atoms with Crippen LogP contribution in [0.25, 0.3) is 21.6 Å². The van der Waals surface area contributed by atoms with E-state index in [0.29, 0.717) is 45.7 Å². The molecule has 2 aromatic carbocycles. The molecule has 1 unspecified atom stereocenters. The van der Waals surface area contributed by atoms with Crippen LogP contribution >= 0.6 is 11.3 Å². The Kier molecular flexibility index (Phi) is 6.99. The molecule has 1 aliphatic rings. The molecule has 0 spiro atoms. The van der Waals surface area contributed by atoms with Crippen molar-refractivity contribution in [2.45, 2.75) is 26.8 Å². The molecular weight excluding hydrogens is 552 g/mol. The van der Waals surface area contributed by atoms with E-state index in [-0.39, 0.29) is 23.6 Å². The minimum atomic E-state index is -0.977. The van der Waals surface area contributed by atoms with Crippen LogP contribution in [0.5, 0.6) is 11.5 Å². The molecule has 4 heterocycles. The van der Waals surface area contributed by atoms with Gasteiger partial charge < -0.3 is 19.0 Å². The highest BCUT2D eigenvalue weighted by atomic mass is 32.1. The number of Topliss-reactive ketones (excluding diaryl/α,β-unsaturated/α-hetero) is 1. The van der Waals surface area contributed by atoms with Crippen molar-refractivity contribution in [2.75, 3.05) is 18.1 Å². The maximum absolute atomic E-state index is 13.8. The van der Waals surface area contributed by atoms with Crippen molar-refractivity contribution in [3.8, 4) is 11.5 Å². The Bertz CT molecular complexity index is 1920. The zero-order valence-corrected chi connectivity index (χ0v) is 24.1. The van der Waals surface area contributed by atoms with Gasteiger partial charge in [0.1, 0.15) is 29.4 Å². The van der Waals surface area contributed by atoms with Gasteiger partial charge in [0, 0.05) is 6.20 Å². The van der Waals surface area contributed by atoms with Gasteiger partial charge in [-0.25, -0.2) is 9.97 Å². The number of ketones is 1. The molecule has 1 fully saturated rings. The summed E-state index contributed by atoms with van der Waals surface area (Å²) in [6.07, 6.45) is 3.47. The zero-order valence-electron chi connectivity index (χ0n) is 23.3. The lowest BCUT2D eigenvalue weighted by Crippen LogP contribution is -2.29. The van der Waals surface area contributed by atoms with Crippen LogP contribution in [0.4, 0.5) is 5.13 Å². The van der Waals surface area contributed by atoms with Gasteiger partial charge in [-0.3, -0.25) is 14.5 Å². The van der Waals surface area contributed by atoms with E-state index in [4.69, 9.17) is 14.5 Å². The van der Waals surface area contributed by atoms with Crippen LogP contribution in [0.3, 0.4) is 0 Å². The van der Waals surface area contributed by atoms with Gasteiger partial charge in [0.15, 0.2) is 10.9 Å². The summed E-state index contributed by atoms with van der Waals surface area (Å²) in [6.45, 7) is 10.1. The molecule has 1 saturated heterocycles. The molecule has 5 aromatic rings. The smallest absolute Gasteiger partial charge is 0.301 e. The van der Waals surface area contributed by atoms with Crippen molar-refractivity contribution in [1.29, 1.82) is 0 Å². The lowest BCUT2D eigenvalue weighted by atomic mass is 9.96. The number of benzene rings is 2. The number of pyridine rings is 1. The summed E-state index contributed by atoms with van der Waals surface area (Å²) in [4.78, 5) is 38.2. The lowest BCUT2D eigenvalue weighted by molar-refractivity contribution is -0.132. The van der Waals surface area contributed by atoms with Gasteiger partial charge in [-0.15, -0.1) is 0 Å². The minimum absolute atomic E-state index is 0.0701. The van der Waals surface area contributed by atoms with Gasteiger partial charge >= 0.3 is 5.91 Å². The first-order valence-corrected chi connectivity index (χ1v) is 14.3. The van der Waals surface area contributed by atoms with Crippen LogP contribution in [0.1, 0.15) is 35.5 Å². The average Bonchev–Trinajstić information content (AvgIpc) is 3.64. The molecule has 1 atom stereocenters. The standard InChI is InChI=1S/C32H28N4O5S/c1-5-15-41-21-11-7-10-20(16-21)27-25(28(37)26-19(4)35-14-8-9-18(3)30(35)34-26)29(38)31(39)36(27)32-33-23-13-12-22(40-6-2)17-24(23)42-32/h5,7-14,16-17,27,37H,1,6,15H2,2-4H3/b28-25+. The largest absolute Gasteiger partial charge is 0.505 e. The number of nitrogens with zero attached hydrogens (tertiary/aromatic N) is 4. The number of carbonyl (C=O) groups excluding carboxylic acids is 2. The van der Waals surface area contributed by atoms with E-state index in [1.807, 2.05) is 61.7 Å². The second kappa shape index (κ2) is 10.8. The maximum atomic E-state index is 13.8. The number of imidazole rings is 1. The first-order chi connectivity index (χ1) is 20.3. The summed E-state index contributed by atoms with van der Waals surface area (Å²) in [7, 11) is 0. The van der Waals surface area contributed by atoms with Crippen molar-refractivity contribution in [2.24, 2.45) is 0 Å². The fourth-order valence-electron chi connectivity index (χ4n) is 5.20. The number of hydrogen-bond acceptors (Lipinski definition) is 8. The van der Waals surface area contributed by atoms with E-state index >= 15 is 0 Å². The van der Waals surface area contributed by atoms with Crippen molar-refractivity contribution in [3.63, 3.8) is 0 Å². The maximum Gasteiger partial charge on any atom is 0.301 e. The van der Waals surface area contributed by atoms with Gasteiger partial charge in [-0.05, 0) is 68.3 Å². The molecule has 9 nitrogen and oxygen atoms in total. The van der Waals surface area contributed by atoms with Gasteiger partial charge in [-0.1, -0.05) is 42.2 Å². The minimum Gasteiger partial charge on any atom is -0.505 e. The Morgan fingerprint density at radius 1 is 1.07 bits per heavy atom. The van der Waals surface area contributed by atoms with Crippen LogP contribution in [-0.4, -0.2) is 44.4 Å². The fraction of sp³-hybridized carbons (Fsp3) is 0.188. The van der Waals surface area contributed by atoms with Gasteiger partial charge in [-0.2, -0.15) is 0 Å². The quantitative estimate of drug-likeness (QED) is 0.102. The third kappa shape index (κ3) is 4.50. The summed E-state index contributed by atoms with van der Waals surface area (Å²) in [6, 6.07) is 15.4. The number of rotatable bonds is 8. The molecule has 0 saturated carbocycles. The number of hydrogen-bond donors (Lipinski definition) is 1. The molecule has 1 aliphatic heterocycles. The Labute approximate surface area is 246 Å². The lowest BCUT2D eigenvalue weighted by Gasteiger charge is -2.23. The molecule has 1 amide bonds. The van der Waals surface area contributed by atoms with E-state index in [0.717, 1.165) is 10.3 Å². The monoisotopic (exact) mass is 580 g/mol. The number of aromatic nitrogens is 3. The van der Waals surface area contributed by atoms with Gasteiger partial charge in [0.2, 0.25) is 0 Å². The Morgan fingerprint density at radius 3 is 2.64 bits per heavy atom. The first-order valence-electron chi connectivity index (χ1n) is 13.4. The molecule has 10 heteroatoms. The second-order valence-electron chi connectivity index (χ2n) is 9.83. The van der Waals surface area contributed by atoms with Gasteiger partial charge in [0.25, 0.3) is 5.78 Å². The number of aryl methyl sites for hydroxylation is 2. The van der Waals surface area contributed by atoms with E-state index in [1.165, 1.54) is 16.2 Å². The third-order valence-corrected chi connectivity index (χ3v) is 8.18. The van der Waals surface area contributed by atoms with E-state index in [1.54, 1.807) is 30.3 Å². The van der Waals surface area contributed by atoms with E-state index < -0.39 is 17.7 Å². The predicted molar refractivity (Wildman–Crippen MR) is 162 cm³/mol. The summed E-state index contributed by atoms with van der Waals surface area (Å²) in [5, 5.41) is 12.1. The summed E-state index contributed by atoms with van der Waals surface area (Å²) >= 11 is 1.27. The zero-order chi connectivity index (χ0) is 29.5.